The first-order chi connectivity index (χ1) is 20.4. The molecule has 0 bridgehead atoms. The van der Waals surface area contributed by atoms with Crippen LogP contribution in [0.1, 0.15) is 82.8 Å². The smallest absolute Gasteiger partial charge is 0.186 e. The number of aliphatic hydroxyl groups excluding tert-OH is 4. The molecule has 8 nitrogen and oxygen atoms in total. The summed E-state index contributed by atoms with van der Waals surface area (Å²) < 4.78 is 17.4. The van der Waals surface area contributed by atoms with Crippen LogP contribution in [0.3, 0.4) is 0 Å². The third kappa shape index (κ3) is 5.01. The fourth-order valence-electron chi connectivity index (χ4n) is 10.4. The first-order valence-corrected chi connectivity index (χ1v) is 16.2. The van der Waals surface area contributed by atoms with Crippen LogP contribution in [0.15, 0.2) is 29.8 Å². The van der Waals surface area contributed by atoms with Crippen molar-refractivity contribution in [3.05, 3.63) is 41.0 Å². The van der Waals surface area contributed by atoms with Crippen molar-refractivity contribution in [1.29, 1.82) is 0 Å². The summed E-state index contributed by atoms with van der Waals surface area (Å²) in [6.45, 7) is 8.29. The number of Topliss-reactive ketones (excluding diaryl/α,β-unsaturated/α-hetero) is 1. The minimum atomic E-state index is -1.44. The van der Waals surface area contributed by atoms with Crippen molar-refractivity contribution in [3.63, 3.8) is 0 Å². The molecule has 13 atom stereocenters. The zero-order valence-electron chi connectivity index (χ0n) is 26.2. The van der Waals surface area contributed by atoms with Crippen molar-refractivity contribution in [2.45, 2.75) is 115 Å². The van der Waals surface area contributed by atoms with Gasteiger partial charge in [0.2, 0.25) is 0 Å². The Labute approximate surface area is 255 Å². The highest BCUT2D eigenvalue weighted by Crippen LogP contribution is 2.69. The molecule has 4 N–H and O–H groups in total. The molecule has 43 heavy (non-hydrogen) atoms. The average molecular weight is 599 g/mol. The van der Waals surface area contributed by atoms with Gasteiger partial charge in [0, 0.05) is 5.92 Å². The molecule has 5 aliphatic rings. The van der Waals surface area contributed by atoms with Crippen LogP contribution in [0.5, 0.6) is 5.75 Å². The first kappa shape index (κ1) is 31.2. The number of allylic oxidation sites excluding steroid dienone is 1. The average Bonchev–Trinajstić information content (AvgIpc) is 3.31. The van der Waals surface area contributed by atoms with Crippen molar-refractivity contribution >= 4 is 5.78 Å². The van der Waals surface area contributed by atoms with Gasteiger partial charge < -0.3 is 34.6 Å². The van der Waals surface area contributed by atoms with Crippen molar-refractivity contribution in [2.75, 3.05) is 13.7 Å². The van der Waals surface area contributed by atoms with Crippen molar-refractivity contribution in [3.8, 4) is 5.75 Å². The van der Waals surface area contributed by atoms with Crippen LogP contribution >= 0.6 is 0 Å². The van der Waals surface area contributed by atoms with E-state index in [-0.39, 0.29) is 28.8 Å². The minimum absolute atomic E-state index is 0.00473. The van der Waals surface area contributed by atoms with Gasteiger partial charge in [-0.3, -0.25) is 4.79 Å². The summed E-state index contributed by atoms with van der Waals surface area (Å²) in [6, 6.07) is 6.29. The van der Waals surface area contributed by atoms with Gasteiger partial charge in [-0.2, -0.15) is 0 Å². The Hall–Kier alpha value is -1.81. The number of carbonyl (C=O) groups is 1. The van der Waals surface area contributed by atoms with Crippen LogP contribution < -0.4 is 4.74 Å². The van der Waals surface area contributed by atoms with Gasteiger partial charge in [0.05, 0.1) is 19.8 Å². The van der Waals surface area contributed by atoms with E-state index in [0.717, 1.165) is 50.7 Å². The number of fused-ring (bicyclic) bond motifs is 5. The summed E-state index contributed by atoms with van der Waals surface area (Å²) in [4.78, 5) is 13.4. The Morgan fingerprint density at radius 2 is 1.84 bits per heavy atom. The first-order valence-electron chi connectivity index (χ1n) is 16.2. The fourth-order valence-corrected chi connectivity index (χ4v) is 10.4. The van der Waals surface area contributed by atoms with Gasteiger partial charge in [0.15, 0.2) is 6.29 Å². The molecule has 8 heteroatoms. The second-order valence-corrected chi connectivity index (χ2v) is 14.7. The van der Waals surface area contributed by atoms with E-state index in [1.54, 1.807) is 14.0 Å². The lowest BCUT2D eigenvalue weighted by Gasteiger charge is -2.58. The van der Waals surface area contributed by atoms with E-state index >= 15 is 0 Å². The SMILES string of the molecule is COc1ccc(C)c(C2CC3C4CC=C5CC(OC6O[C@H](CO)[C@H](O)[C@H](O)[C@H]6O)CCC5(C)C4CCC3(C)C2C(C)=O)c1. The molecule has 1 saturated heterocycles. The topological polar surface area (TPSA) is 126 Å². The standard InChI is InChI=1S/C35H50O8/c1-18-6-8-21(41-5)15-24(18)25-16-27-23-9-7-20-14-22(42-33-32(40)31(39)30(38)28(17-36)43-33)10-12-34(20,3)26(23)11-13-35(27,4)29(25)19(2)37/h6-8,15,22-23,25-33,36,38-40H,9-14,16-17H2,1-5H3/t22?,23?,25?,26?,27?,28-,29?,30+,31+,32-,33?,34?,35?/m1/s1. The quantitative estimate of drug-likeness (QED) is 0.362. The number of ketones is 1. The van der Waals surface area contributed by atoms with Gasteiger partial charge in [0.25, 0.3) is 0 Å². The van der Waals surface area contributed by atoms with Gasteiger partial charge in [-0.15, -0.1) is 0 Å². The maximum absolute atomic E-state index is 13.4. The van der Waals surface area contributed by atoms with E-state index in [0.29, 0.717) is 23.5 Å². The molecule has 6 rings (SSSR count). The van der Waals surface area contributed by atoms with Crippen LogP contribution in [0.4, 0.5) is 0 Å². The predicted octanol–water partition coefficient (Wildman–Crippen LogP) is 4.05. The highest BCUT2D eigenvalue weighted by Gasteiger charge is 2.62. The molecule has 1 aromatic rings. The lowest BCUT2D eigenvalue weighted by Crippen LogP contribution is -2.60. The molecule has 4 aliphatic carbocycles. The number of aryl methyl sites for hydroxylation is 1. The molecule has 0 radical (unpaired) electrons. The van der Waals surface area contributed by atoms with Crippen LogP contribution in [-0.4, -0.2) is 76.7 Å². The third-order valence-corrected chi connectivity index (χ3v) is 12.6. The molecule has 0 amide bonds. The molecule has 4 fully saturated rings. The number of aliphatic hydroxyl groups is 4. The summed E-state index contributed by atoms with van der Waals surface area (Å²) in [5.74, 6) is 2.88. The molecular weight excluding hydrogens is 548 g/mol. The summed E-state index contributed by atoms with van der Waals surface area (Å²) in [6.07, 6.45) is 2.64. The van der Waals surface area contributed by atoms with Crippen LogP contribution in [0.25, 0.3) is 0 Å². The molecular formula is C35H50O8. The van der Waals surface area contributed by atoms with E-state index in [1.807, 2.05) is 6.07 Å². The second kappa shape index (κ2) is 11.5. The molecule has 3 saturated carbocycles. The number of carbonyl (C=O) groups excluding carboxylic acids is 1. The van der Waals surface area contributed by atoms with Gasteiger partial charge >= 0.3 is 0 Å². The Morgan fingerprint density at radius 1 is 1.07 bits per heavy atom. The lowest BCUT2D eigenvalue weighted by molar-refractivity contribution is -0.313. The van der Waals surface area contributed by atoms with E-state index in [1.165, 1.54) is 16.7 Å². The van der Waals surface area contributed by atoms with Gasteiger partial charge in [-0.25, -0.2) is 0 Å². The summed E-state index contributed by atoms with van der Waals surface area (Å²) in [5, 5.41) is 40.5. The number of benzene rings is 1. The van der Waals surface area contributed by atoms with Crippen molar-refractivity contribution < 1.29 is 39.4 Å². The predicted molar refractivity (Wildman–Crippen MR) is 160 cm³/mol. The molecule has 0 aromatic heterocycles. The Balaban J connectivity index is 1.23. The molecule has 0 spiro atoms. The molecule has 1 heterocycles. The van der Waals surface area contributed by atoms with Gasteiger partial charge in [-0.05, 0) is 117 Å². The largest absolute Gasteiger partial charge is 0.497 e. The fraction of sp³-hybridized carbons (Fsp3) is 0.743. The highest BCUT2D eigenvalue weighted by molar-refractivity contribution is 5.81. The number of methoxy groups -OCH3 is 1. The molecule has 9 unspecified atom stereocenters. The lowest BCUT2D eigenvalue weighted by atomic mass is 9.47. The van der Waals surface area contributed by atoms with Gasteiger partial charge in [0.1, 0.15) is 35.9 Å². The summed E-state index contributed by atoms with van der Waals surface area (Å²) >= 11 is 0. The molecule has 238 valence electrons. The molecule has 1 aliphatic heterocycles. The number of ether oxygens (including phenoxy) is 3. The van der Waals surface area contributed by atoms with E-state index in [9.17, 15) is 25.2 Å². The molecule has 1 aromatic carbocycles. The summed E-state index contributed by atoms with van der Waals surface area (Å²) in [7, 11) is 1.70. The Morgan fingerprint density at radius 3 is 2.53 bits per heavy atom. The van der Waals surface area contributed by atoms with E-state index in [2.05, 4.69) is 39.0 Å². The van der Waals surface area contributed by atoms with Crippen molar-refractivity contribution in [1.82, 2.24) is 0 Å². The normalized spacial score (nSPS) is 45.9. The minimum Gasteiger partial charge on any atom is -0.497 e. The van der Waals surface area contributed by atoms with Crippen LogP contribution in [-0.2, 0) is 14.3 Å². The summed E-state index contributed by atoms with van der Waals surface area (Å²) in [5.41, 5.74) is 3.91. The third-order valence-electron chi connectivity index (χ3n) is 12.6. The number of rotatable bonds is 6. The van der Waals surface area contributed by atoms with Crippen LogP contribution in [0.2, 0.25) is 0 Å². The Bertz CT molecular complexity index is 1240. The Kier molecular flexibility index (Phi) is 8.36. The maximum Gasteiger partial charge on any atom is 0.186 e. The number of hydrogen-bond donors (Lipinski definition) is 4. The van der Waals surface area contributed by atoms with E-state index < -0.39 is 37.3 Å². The van der Waals surface area contributed by atoms with Gasteiger partial charge in [-0.1, -0.05) is 31.6 Å². The monoisotopic (exact) mass is 598 g/mol. The zero-order valence-corrected chi connectivity index (χ0v) is 26.2. The van der Waals surface area contributed by atoms with E-state index in [4.69, 9.17) is 14.2 Å². The zero-order chi connectivity index (χ0) is 30.8. The second-order valence-electron chi connectivity index (χ2n) is 14.7. The van der Waals surface area contributed by atoms with Crippen LogP contribution in [0, 0.1) is 41.4 Å². The highest BCUT2D eigenvalue weighted by atomic mass is 16.7. The van der Waals surface area contributed by atoms with Crippen molar-refractivity contribution in [2.24, 2.45) is 34.5 Å². The number of hydrogen-bond acceptors (Lipinski definition) is 8. The maximum atomic E-state index is 13.4.